The molecule has 5 heteroatoms. The van der Waals surface area contributed by atoms with Gasteiger partial charge in [-0.2, -0.15) is 0 Å². The largest absolute Gasteiger partial charge is 0.338 e. The zero-order chi connectivity index (χ0) is 16.0. The highest BCUT2D eigenvalue weighted by Crippen LogP contribution is 2.43. The van der Waals surface area contributed by atoms with Crippen molar-refractivity contribution in [3.8, 4) is 0 Å². The van der Waals surface area contributed by atoms with Crippen LogP contribution in [0.15, 0.2) is 18.2 Å². The van der Waals surface area contributed by atoms with E-state index < -0.39 is 0 Å². The first-order valence-corrected chi connectivity index (χ1v) is 9.36. The summed E-state index contributed by atoms with van der Waals surface area (Å²) in [7, 11) is 0. The predicted octanol–water partition coefficient (Wildman–Crippen LogP) is 4.11. The summed E-state index contributed by atoms with van der Waals surface area (Å²) in [6.45, 7) is 2.62. The zero-order valence-electron chi connectivity index (χ0n) is 13.2. The first-order valence-electron chi connectivity index (χ1n) is 8.61. The van der Waals surface area contributed by atoms with Crippen LogP contribution in [0.25, 0.3) is 0 Å². The van der Waals surface area contributed by atoms with Gasteiger partial charge in [0.25, 0.3) is 0 Å². The fourth-order valence-electron chi connectivity index (χ4n) is 4.32. The van der Waals surface area contributed by atoms with Crippen LogP contribution in [0.3, 0.4) is 0 Å². The van der Waals surface area contributed by atoms with Gasteiger partial charge in [-0.25, -0.2) is 0 Å². The fraction of sp³-hybridized carbons (Fsp3) is 0.611. The number of hydrogen-bond acceptors (Lipinski definition) is 2. The van der Waals surface area contributed by atoms with Crippen LogP contribution >= 0.6 is 23.2 Å². The van der Waals surface area contributed by atoms with Crippen molar-refractivity contribution in [3.63, 3.8) is 0 Å². The number of amides is 1. The van der Waals surface area contributed by atoms with Gasteiger partial charge in [0.2, 0.25) is 5.91 Å². The summed E-state index contributed by atoms with van der Waals surface area (Å²) in [5.74, 6) is 0.363. The van der Waals surface area contributed by atoms with E-state index in [1.165, 1.54) is 12.8 Å². The zero-order valence-corrected chi connectivity index (χ0v) is 14.7. The smallest absolute Gasteiger partial charge is 0.243 e. The third-order valence-corrected chi connectivity index (χ3v) is 6.51. The van der Waals surface area contributed by atoms with E-state index >= 15 is 0 Å². The number of nitrogens with zero attached hydrogens (tertiary/aromatic N) is 2. The molecule has 1 atom stereocenters. The van der Waals surface area contributed by atoms with Gasteiger partial charge in [-0.15, -0.1) is 0 Å². The fourth-order valence-corrected chi connectivity index (χ4v) is 4.70. The van der Waals surface area contributed by atoms with Crippen molar-refractivity contribution in [3.05, 3.63) is 33.8 Å². The van der Waals surface area contributed by atoms with Crippen molar-refractivity contribution in [1.29, 1.82) is 0 Å². The Balaban J connectivity index is 1.60. The number of likely N-dealkylation sites (tertiary alicyclic amines) is 2. The van der Waals surface area contributed by atoms with Crippen LogP contribution in [0.4, 0.5) is 0 Å². The minimum absolute atomic E-state index is 0.299. The number of carbonyl (C=O) groups excluding carboxylic acids is 1. The van der Waals surface area contributed by atoms with Crippen molar-refractivity contribution in [2.24, 2.45) is 0 Å². The van der Waals surface area contributed by atoms with Crippen molar-refractivity contribution >= 4 is 29.1 Å². The molecule has 2 aliphatic heterocycles. The molecule has 0 aromatic heterocycles. The van der Waals surface area contributed by atoms with E-state index in [0.717, 1.165) is 44.3 Å². The lowest BCUT2D eigenvalue weighted by Crippen LogP contribution is -2.60. The molecular formula is C18H22Cl2N2O. The Morgan fingerprint density at radius 3 is 2.61 bits per heavy atom. The molecule has 124 valence electrons. The van der Waals surface area contributed by atoms with Gasteiger partial charge in [-0.3, -0.25) is 9.69 Å². The van der Waals surface area contributed by atoms with Crippen molar-refractivity contribution in [2.75, 3.05) is 13.1 Å². The lowest BCUT2D eigenvalue weighted by Gasteiger charge is -2.45. The summed E-state index contributed by atoms with van der Waals surface area (Å²) >= 11 is 12.5. The topological polar surface area (TPSA) is 23.6 Å². The Bertz CT molecular complexity index is 631. The number of halogens is 2. The molecule has 2 heterocycles. The molecule has 0 N–H and O–H groups in total. The molecule has 1 aromatic rings. The second kappa shape index (κ2) is 5.94. The van der Waals surface area contributed by atoms with E-state index in [4.69, 9.17) is 23.2 Å². The van der Waals surface area contributed by atoms with Crippen molar-refractivity contribution in [2.45, 2.75) is 56.7 Å². The molecule has 1 spiro atoms. The monoisotopic (exact) mass is 352 g/mol. The quantitative estimate of drug-likeness (QED) is 0.816. The number of piperidine rings is 1. The van der Waals surface area contributed by atoms with E-state index in [2.05, 4.69) is 9.80 Å². The van der Waals surface area contributed by atoms with Crippen LogP contribution < -0.4 is 0 Å². The van der Waals surface area contributed by atoms with Crippen molar-refractivity contribution in [1.82, 2.24) is 9.80 Å². The van der Waals surface area contributed by atoms with E-state index in [1.807, 2.05) is 18.2 Å². The lowest BCUT2D eigenvalue weighted by atomic mass is 9.85. The highest BCUT2D eigenvalue weighted by Gasteiger charge is 2.53. The van der Waals surface area contributed by atoms with E-state index in [-0.39, 0.29) is 5.54 Å². The molecule has 4 rings (SSSR count). The molecule has 23 heavy (non-hydrogen) atoms. The number of carbonyl (C=O) groups is 1. The molecule has 3 aliphatic rings. The molecule has 0 radical (unpaired) electrons. The maximum absolute atomic E-state index is 13.2. The standard InChI is InChI=1S/C18H22Cl2N2O/c19-15-5-1-4-13(16(15)20)12-21-10-2-8-18(21)9-3-11-22(17(18)23)14-6-7-14/h1,4-5,14H,2-3,6-12H2. The molecule has 3 fully saturated rings. The molecule has 1 amide bonds. The number of hydrogen-bond donors (Lipinski definition) is 0. The maximum atomic E-state index is 13.2. The van der Waals surface area contributed by atoms with Crippen LogP contribution in [0, 0.1) is 0 Å². The molecule has 1 aliphatic carbocycles. The lowest BCUT2D eigenvalue weighted by molar-refractivity contribution is -0.148. The summed E-state index contributed by atoms with van der Waals surface area (Å²) in [5, 5.41) is 1.21. The van der Waals surface area contributed by atoms with Crippen LogP contribution in [-0.4, -0.2) is 40.4 Å². The highest BCUT2D eigenvalue weighted by molar-refractivity contribution is 6.42. The summed E-state index contributed by atoms with van der Waals surface area (Å²) in [5.41, 5.74) is 0.726. The van der Waals surface area contributed by atoms with Gasteiger partial charge in [-0.05, 0) is 56.7 Å². The molecule has 0 bridgehead atoms. The Morgan fingerprint density at radius 1 is 1.13 bits per heavy atom. The van der Waals surface area contributed by atoms with Gasteiger partial charge in [-0.1, -0.05) is 35.3 Å². The van der Waals surface area contributed by atoms with E-state index in [1.54, 1.807) is 0 Å². The van der Waals surface area contributed by atoms with Gasteiger partial charge in [0.1, 0.15) is 5.54 Å². The average Bonchev–Trinajstić information content (AvgIpc) is 3.30. The second-order valence-corrected chi connectivity index (χ2v) is 7.89. The summed E-state index contributed by atoms with van der Waals surface area (Å²) in [4.78, 5) is 17.7. The summed E-state index contributed by atoms with van der Waals surface area (Å²) < 4.78 is 0. The third kappa shape index (κ3) is 2.67. The SMILES string of the molecule is O=C1N(C2CC2)CCCC12CCCN2Cc1cccc(Cl)c1Cl. The van der Waals surface area contributed by atoms with Gasteiger partial charge >= 0.3 is 0 Å². The molecule has 1 aromatic carbocycles. The summed E-state index contributed by atoms with van der Waals surface area (Å²) in [6.07, 6.45) is 6.52. The Hall–Kier alpha value is -0.770. The Morgan fingerprint density at radius 2 is 1.87 bits per heavy atom. The normalized spacial score (nSPS) is 28.8. The Labute approximate surface area is 147 Å². The van der Waals surface area contributed by atoms with Crippen molar-refractivity contribution < 1.29 is 4.79 Å². The number of benzene rings is 1. The highest BCUT2D eigenvalue weighted by atomic mass is 35.5. The van der Waals surface area contributed by atoms with Gasteiger partial charge < -0.3 is 4.90 Å². The first-order chi connectivity index (χ1) is 11.1. The summed E-state index contributed by atoms with van der Waals surface area (Å²) in [6, 6.07) is 6.28. The molecule has 1 saturated carbocycles. The first kappa shape index (κ1) is 15.7. The minimum atomic E-state index is -0.299. The Kier molecular flexibility index (Phi) is 4.07. The van der Waals surface area contributed by atoms with Gasteiger partial charge in [0, 0.05) is 19.1 Å². The molecular weight excluding hydrogens is 331 g/mol. The van der Waals surface area contributed by atoms with Gasteiger partial charge in [0.05, 0.1) is 10.0 Å². The maximum Gasteiger partial charge on any atom is 0.243 e. The van der Waals surface area contributed by atoms with E-state index in [9.17, 15) is 4.79 Å². The van der Waals surface area contributed by atoms with Crippen LogP contribution in [-0.2, 0) is 11.3 Å². The number of rotatable bonds is 3. The average molecular weight is 353 g/mol. The molecule has 3 nitrogen and oxygen atoms in total. The van der Waals surface area contributed by atoms with Crippen LogP contribution in [0.1, 0.15) is 44.1 Å². The molecule has 2 saturated heterocycles. The van der Waals surface area contributed by atoms with Gasteiger partial charge in [0.15, 0.2) is 0 Å². The predicted molar refractivity (Wildman–Crippen MR) is 92.8 cm³/mol. The van der Waals surface area contributed by atoms with Crippen LogP contribution in [0.2, 0.25) is 10.0 Å². The van der Waals surface area contributed by atoms with Crippen LogP contribution in [0.5, 0.6) is 0 Å². The van der Waals surface area contributed by atoms with E-state index in [0.29, 0.717) is 28.5 Å². The second-order valence-electron chi connectivity index (χ2n) is 7.10. The minimum Gasteiger partial charge on any atom is -0.338 e. The molecule has 1 unspecified atom stereocenters. The third-order valence-electron chi connectivity index (χ3n) is 5.65.